The molecule has 6 nitrogen and oxygen atoms in total. The first kappa shape index (κ1) is 14.5. The Hall–Kier alpha value is -2.47. The number of amides is 2. The number of aromatic nitrogens is 2. The van der Waals surface area contributed by atoms with Crippen LogP contribution in [-0.2, 0) is 13.1 Å². The van der Waals surface area contributed by atoms with Crippen LogP contribution in [0.3, 0.4) is 0 Å². The highest BCUT2D eigenvalue weighted by Gasteiger charge is 2.21. The van der Waals surface area contributed by atoms with Crippen molar-refractivity contribution in [3.63, 3.8) is 0 Å². The van der Waals surface area contributed by atoms with Crippen molar-refractivity contribution in [1.29, 1.82) is 0 Å². The highest BCUT2D eigenvalue weighted by atomic mass is 16.2. The van der Waals surface area contributed by atoms with Gasteiger partial charge in [0.2, 0.25) is 0 Å². The van der Waals surface area contributed by atoms with Gasteiger partial charge in [-0.15, -0.1) is 0 Å². The van der Waals surface area contributed by atoms with Crippen LogP contribution in [0, 0.1) is 0 Å². The fourth-order valence-electron chi connectivity index (χ4n) is 2.51. The third-order valence-electron chi connectivity index (χ3n) is 3.75. The molecule has 1 aromatic carbocycles. The van der Waals surface area contributed by atoms with Crippen molar-refractivity contribution >= 4 is 17.5 Å². The molecule has 2 aromatic rings. The maximum atomic E-state index is 12.0. The van der Waals surface area contributed by atoms with E-state index in [2.05, 4.69) is 45.4 Å². The van der Waals surface area contributed by atoms with Gasteiger partial charge in [0.1, 0.15) is 0 Å². The Labute approximate surface area is 129 Å². The number of fused-ring (bicyclic) bond motifs is 1. The molecule has 0 bridgehead atoms. The summed E-state index contributed by atoms with van der Waals surface area (Å²) in [4.78, 5) is 22.3. The van der Waals surface area contributed by atoms with Crippen LogP contribution in [0.1, 0.15) is 25.0 Å². The molecule has 2 heterocycles. The Kier molecular flexibility index (Phi) is 4.02. The first-order valence-corrected chi connectivity index (χ1v) is 7.31. The number of nitrogens with zero attached hydrogens (tertiary/aromatic N) is 3. The van der Waals surface area contributed by atoms with Gasteiger partial charge in [-0.05, 0) is 37.1 Å². The molecule has 0 fully saturated rings. The number of benzene rings is 1. The summed E-state index contributed by atoms with van der Waals surface area (Å²) in [6.07, 6.45) is 4.60. The van der Waals surface area contributed by atoms with Crippen LogP contribution in [0.2, 0.25) is 0 Å². The van der Waals surface area contributed by atoms with Gasteiger partial charge in [0.25, 0.3) is 0 Å². The van der Waals surface area contributed by atoms with Crippen LogP contribution in [0.5, 0.6) is 0 Å². The minimum absolute atomic E-state index is 0.320. The van der Waals surface area contributed by atoms with E-state index in [-0.39, 0.29) is 6.03 Å². The lowest BCUT2D eigenvalue weighted by molar-refractivity contribution is 0.227. The molecular formula is C16H19N5O. The predicted molar refractivity (Wildman–Crippen MR) is 85.5 cm³/mol. The second kappa shape index (κ2) is 6.11. The van der Waals surface area contributed by atoms with E-state index in [4.69, 9.17) is 0 Å². The minimum atomic E-state index is -0.320. The molecule has 0 unspecified atom stereocenters. The van der Waals surface area contributed by atoms with E-state index in [0.29, 0.717) is 11.9 Å². The lowest BCUT2D eigenvalue weighted by atomic mass is 10.1. The van der Waals surface area contributed by atoms with Crippen LogP contribution >= 0.6 is 0 Å². The smallest absolute Gasteiger partial charge is 0.308 e. The summed E-state index contributed by atoms with van der Waals surface area (Å²) in [6, 6.07) is 6.24. The minimum Gasteiger partial charge on any atom is -0.308 e. The van der Waals surface area contributed by atoms with E-state index in [0.717, 1.165) is 18.8 Å². The zero-order valence-corrected chi connectivity index (χ0v) is 12.7. The molecule has 0 aliphatic carbocycles. The fourth-order valence-corrected chi connectivity index (χ4v) is 2.51. The molecule has 0 saturated heterocycles. The second-order valence-electron chi connectivity index (χ2n) is 5.65. The number of anilines is 2. The zero-order chi connectivity index (χ0) is 15.5. The third-order valence-corrected chi connectivity index (χ3v) is 3.75. The molecule has 3 rings (SSSR count). The summed E-state index contributed by atoms with van der Waals surface area (Å²) in [5.41, 5.74) is 3.38. The molecule has 2 N–H and O–H groups in total. The number of nitrogens with one attached hydrogen (secondary N) is 2. The Morgan fingerprint density at radius 1 is 1.18 bits per heavy atom. The molecule has 0 radical (unpaired) electrons. The number of urea groups is 1. The number of hydrogen-bond acceptors (Lipinski definition) is 4. The first-order chi connectivity index (χ1) is 10.6. The first-order valence-electron chi connectivity index (χ1n) is 7.31. The maximum absolute atomic E-state index is 12.0. The van der Waals surface area contributed by atoms with Crippen molar-refractivity contribution in [1.82, 2.24) is 14.9 Å². The largest absolute Gasteiger partial charge is 0.324 e. The predicted octanol–water partition coefficient (Wildman–Crippen LogP) is 2.84. The monoisotopic (exact) mass is 297 g/mol. The number of carbonyl (C=O) groups excluding carboxylic acids is 1. The molecular weight excluding hydrogens is 278 g/mol. The van der Waals surface area contributed by atoms with E-state index in [1.54, 1.807) is 6.20 Å². The number of carbonyl (C=O) groups is 1. The van der Waals surface area contributed by atoms with Crippen molar-refractivity contribution in [2.24, 2.45) is 0 Å². The van der Waals surface area contributed by atoms with Crippen LogP contribution in [0.4, 0.5) is 16.3 Å². The third kappa shape index (κ3) is 3.23. The van der Waals surface area contributed by atoms with Gasteiger partial charge in [-0.2, -0.15) is 0 Å². The maximum Gasteiger partial charge on any atom is 0.324 e. The SMILES string of the molecule is CC(C)N1Cc2ccc(NC(=O)Nc3cnccn3)cc2C1. The van der Waals surface area contributed by atoms with Crippen molar-refractivity contribution in [2.45, 2.75) is 33.0 Å². The van der Waals surface area contributed by atoms with E-state index in [1.807, 2.05) is 12.1 Å². The van der Waals surface area contributed by atoms with Gasteiger partial charge in [-0.1, -0.05) is 6.07 Å². The molecule has 22 heavy (non-hydrogen) atoms. The summed E-state index contributed by atoms with van der Waals surface area (Å²) in [7, 11) is 0. The molecule has 0 atom stereocenters. The van der Waals surface area contributed by atoms with Crippen LogP contribution in [-0.4, -0.2) is 26.9 Å². The summed E-state index contributed by atoms with van der Waals surface area (Å²) < 4.78 is 0. The van der Waals surface area contributed by atoms with E-state index >= 15 is 0 Å². The molecule has 6 heteroatoms. The van der Waals surface area contributed by atoms with Gasteiger partial charge in [-0.3, -0.25) is 15.2 Å². The quantitative estimate of drug-likeness (QED) is 0.914. The summed E-state index contributed by atoms with van der Waals surface area (Å²) >= 11 is 0. The average Bonchev–Trinajstić information content (AvgIpc) is 2.91. The van der Waals surface area contributed by atoms with Crippen LogP contribution < -0.4 is 10.6 Å². The highest BCUT2D eigenvalue weighted by Crippen LogP contribution is 2.27. The van der Waals surface area contributed by atoms with Crippen LogP contribution in [0.15, 0.2) is 36.8 Å². The van der Waals surface area contributed by atoms with E-state index in [9.17, 15) is 4.79 Å². The molecule has 1 aliphatic rings. The van der Waals surface area contributed by atoms with Crippen molar-refractivity contribution in [2.75, 3.05) is 10.6 Å². The molecule has 1 aliphatic heterocycles. The Morgan fingerprint density at radius 2 is 2.00 bits per heavy atom. The highest BCUT2D eigenvalue weighted by molar-refractivity contribution is 5.99. The van der Waals surface area contributed by atoms with Crippen molar-refractivity contribution in [3.8, 4) is 0 Å². The van der Waals surface area contributed by atoms with E-state index < -0.39 is 0 Å². The molecule has 0 saturated carbocycles. The van der Waals surface area contributed by atoms with Gasteiger partial charge >= 0.3 is 6.03 Å². The van der Waals surface area contributed by atoms with Crippen molar-refractivity contribution in [3.05, 3.63) is 47.9 Å². The summed E-state index contributed by atoms with van der Waals surface area (Å²) in [5, 5.41) is 5.48. The molecule has 0 spiro atoms. The normalized spacial score (nSPS) is 14.0. The topological polar surface area (TPSA) is 70.2 Å². The van der Waals surface area contributed by atoms with Gasteiger partial charge < -0.3 is 5.32 Å². The molecule has 1 aromatic heterocycles. The average molecular weight is 297 g/mol. The second-order valence-corrected chi connectivity index (χ2v) is 5.65. The van der Waals surface area contributed by atoms with Crippen molar-refractivity contribution < 1.29 is 4.79 Å². The van der Waals surface area contributed by atoms with Gasteiger partial charge in [0.15, 0.2) is 5.82 Å². The number of hydrogen-bond donors (Lipinski definition) is 2. The van der Waals surface area contributed by atoms with Gasteiger partial charge in [-0.25, -0.2) is 9.78 Å². The molecule has 2 amide bonds. The summed E-state index contributed by atoms with van der Waals surface area (Å²) in [5.74, 6) is 0.423. The lowest BCUT2D eigenvalue weighted by Gasteiger charge is -2.18. The zero-order valence-electron chi connectivity index (χ0n) is 12.7. The Morgan fingerprint density at radius 3 is 2.73 bits per heavy atom. The molecule has 114 valence electrons. The summed E-state index contributed by atoms with van der Waals surface area (Å²) in [6.45, 7) is 6.28. The number of rotatable bonds is 3. The standard InChI is InChI=1S/C16H19N5O/c1-11(2)21-9-12-3-4-14(7-13(12)10-21)19-16(22)20-15-8-17-5-6-18-15/h3-8,11H,9-10H2,1-2H3,(H2,18,19,20,22). The fraction of sp³-hybridized carbons (Fsp3) is 0.312. The van der Waals surface area contributed by atoms with E-state index in [1.165, 1.54) is 23.5 Å². The van der Waals surface area contributed by atoms with Gasteiger partial charge in [0, 0.05) is 37.2 Å². The van der Waals surface area contributed by atoms with Gasteiger partial charge in [0.05, 0.1) is 6.20 Å². The van der Waals surface area contributed by atoms with Crippen LogP contribution in [0.25, 0.3) is 0 Å². The Bertz CT molecular complexity index is 671. The lowest BCUT2D eigenvalue weighted by Crippen LogP contribution is -2.24. The Balaban J connectivity index is 1.65.